The van der Waals surface area contributed by atoms with Crippen molar-refractivity contribution in [3.8, 4) is 0 Å². The van der Waals surface area contributed by atoms with Crippen molar-refractivity contribution in [1.29, 1.82) is 0 Å². The van der Waals surface area contributed by atoms with Gasteiger partial charge in [-0.25, -0.2) is 0 Å². The topological polar surface area (TPSA) is 76.3 Å². The van der Waals surface area contributed by atoms with Crippen LogP contribution in [0.15, 0.2) is 10.3 Å². The number of rotatable bonds is 1. The first-order valence-electron chi connectivity index (χ1n) is 2.03. The van der Waals surface area contributed by atoms with Gasteiger partial charge in [0.25, 0.3) is 0 Å². The van der Waals surface area contributed by atoms with Crippen LogP contribution in [-0.4, -0.2) is 5.84 Å². The van der Waals surface area contributed by atoms with E-state index in [0.717, 1.165) is 0 Å². The lowest BCUT2D eigenvalue weighted by atomic mass is 10.5. The van der Waals surface area contributed by atoms with E-state index in [9.17, 15) is 0 Å². The van der Waals surface area contributed by atoms with Crippen molar-refractivity contribution in [3.63, 3.8) is 0 Å². The third-order valence-electron chi connectivity index (χ3n) is 0.548. The highest BCUT2D eigenvalue weighted by atomic mass is 15.3. The third kappa shape index (κ3) is 2.88. The summed E-state index contributed by atoms with van der Waals surface area (Å²) in [4.78, 5) is 0. The summed E-state index contributed by atoms with van der Waals surface area (Å²) in [6, 6.07) is 0. The first-order valence-corrected chi connectivity index (χ1v) is 2.03. The molecule has 0 atom stereocenters. The fourth-order valence-corrected chi connectivity index (χ4v) is 0.145. The molecule has 4 heteroatoms. The van der Waals surface area contributed by atoms with Crippen LogP contribution < -0.4 is 11.3 Å². The van der Waals surface area contributed by atoms with Gasteiger partial charge in [-0.05, 0) is 0 Å². The van der Waals surface area contributed by atoms with E-state index in [4.69, 9.17) is 5.41 Å². The lowest BCUT2D eigenvalue weighted by Gasteiger charge is -1.69. The van der Waals surface area contributed by atoms with Crippen LogP contribution in [0.4, 0.5) is 0 Å². The van der Waals surface area contributed by atoms with Crippen LogP contribution in [0.3, 0.4) is 0 Å². The maximum atomic E-state index is 5.16. The molecule has 7 heavy (non-hydrogen) atoms. The standard InChI is InChI=1S/C3H8N4/c1-2-3(4)6-7-5/h2H2,1H3,(H3,4,5,6)/p+1. The van der Waals surface area contributed by atoms with Gasteiger partial charge in [0.1, 0.15) is 0 Å². The van der Waals surface area contributed by atoms with Crippen molar-refractivity contribution in [2.24, 2.45) is 16.2 Å². The van der Waals surface area contributed by atoms with Gasteiger partial charge in [-0.15, -0.1) is 0 Å². The Balaban J connectivity index is 3.37. The van der Waals surface area contributed by atoms with E-state index in [1.54, 1.807) is 0 Å². The first kappa shape index (κ1) is 6.07. The highest BCUT2D eigenvalue weighted by molar-refractivity contribution is 5.75. The molecule has 0 spiro atoms. The Morgan fingerprint density at radius 3 is 2.57 bits per heavy atom. The Hall–Kier alpha value is -0.930. The minimum atomic E-state index is 0.461. The fraction of sp³-hybridized carbons (Fsp3) is 0.667. The van der Waals surface area contributed by atoms with Crippen molar-refractivity contribution >= 4 is 5.84 Å². The predicted molar refractivity (Wildman–Crippen MR) is 26.3 cm³/mol. The molecule has 40 valence electrons. The fourth-order valence-electron chi connectivity index (χ4n) is 0.145. The lowest BCUT2D eigenvalue weighted by molar-refractivity contribution is -0.118. The minimum Gasteiger partial charge on any atom is -0.286 e. The van der Waals surface area contributed by atoms with Gasteiger partial charge in [0, 0.05) is 5.22 Å². The van der Waals surface area contributed by atoms with Gasteiger partial charge in [-0.1, -0.05) is 6.92 Å². The monoisotopic (exact) mass is 101 g/mol. The van der Waals surface area contributed by atoms with E-state index >= 15 is 0 Å². The van der Waals surface area contributed by atoms with E-state index in [1.807, 2.05) is 6.92 Å². The zero-order valence-corrected chi connectivity index (χ0v) is 4.26. The summed E-state index contributed by atoms with van der Waals surface area (Å²) in [6.45, 7) is 1.88. The van der Waals surface area contributed by atoms with Crippen LogP contribution in [0.25, 0.3) is 0 Å². The van der Waals surface area contributed by atoms with Gasteiger partial charge in [0.2, 0.25) is 0 Å². The molecule has 0 unspecified atom stereocenters. The van der Waals surface area contributed by atoms with E-state index in [-0.39, 0.29) is 0 Å². The summed E-state index contributed by atoms with van der Waals surface area (Å²) in [7, 11) is 0. The van der Waals surface area contributed by atoms with Crippen molar-refractivity contribution in [2.45, 2.75) is 13.3 Å². The van der Waals surface area contributed by atoms with E-state index in [1.165, 1.54) is 0 Å². The average molecular weight is 101 g/mol. The second kappa shape index (κ2) is 3.27. The van der Waals surface area contributed by atoms with E-state index in [0.29, 0.717) is 12.3 Å². The Labute approximate surface area is 41.9 Å². The van der Waals surface area contributed by atoms with Crippen LogP contribution in [0.5, 0.6) is 0 Å². The summed E-state index contributed by atoms with van der Waals surface area (Å²) in [5.74, 6) is 5.12. The molecule has 0 aromatic carbocycles. The molecule has 4 N–H and O–H groups in total. The maximum Gasteiger partial charge on any atom is 0.319 e. The zero-order chi connectivity index (χ0) is 5.70. The number of amidine groups is 1. The van der Waals surface area contributed by atoms with Crippen LogP contribution in [-0.2, 0) is 0 Å². The van der Waals surface area contributed by atoms with E-state index in [2.05, 4.69) is 16.2 Å². The van der Waals surface area contributed by atoms with Gasteiger partial charge < -0.3 is 0 Å². The third-order valence-corrected chi connectivity index (χ3v) is 0.548. The smallest absolute Gasteiger partial charge is 0.286 e. The molecule has 0 aliphatic rings. The highest BCUT2D eigenvalue weighted by Crippen LogP contribution is 1.75. The Bertz CT molecular complexity index is 84.9. The van der Waals surface area contributed by atoms with Crippen molar-refractivity contribution in [1.82, 2.24) is 0 Å². The normalized spacial score (nSPS) is 9.86. The molecule has 0 rings (SSSR count). The van der Waals surface area contributed by atoms with Crippen molar-refractivity contribution in [3.05, 3.63) is 0 Å². The quantitative estimate of drug-likeness (QED) is 0.142. The second-order valence-corrected chi connectivity index (χ2v) is 1.06. The van der Waals surface area contributed by atoms with Crippen molar-refractivity contribution in [2.75, 3.05) is 0 Å². The molecule has 0 fully saturated rings. The Morgan fingerprint density at radius 2 is 2.43 bits per heavy atom. The van der Waals surface area contributed by atoms with Crippen LogP contribution in [0.2, 0.25) is 0 Å². The summed E-state index contributed by atoms with van der Waals surface area (Å²) < 4.78 is 0. The van der Waals surface area contributed by atoms with Gasteiger partial charge in [0.15, 0.2) is 0 Å². The summed E-state index contributed by atoms with van der Waals surface area (Å²) in [5.41, 5.74) is 0. The highest BCUT2D eigenvalue weighted by Gasteiger charge is 1.94. The second-order valence-electron chi connectivity index (χ2n) is 1.06. The Morgan fingerprint density at radius 1 is 1.86 bits per heavy atom. The van der Waals surface area contributed by atoms with Crippen LogP contribution in [0.1, 0.15) is 13.3 Å². The summed E-state index contributed by atoms with van der Waals surface area (Å²) >= 11 is 0. The maximum absolute atomic E-state index is 5.16. The largest absolute Gasteiger partial charge is 0.319 e. The predicted octanol–water partition coefficient (Wildman–Crippen LogP) is -1.12. The zero-order valence-electron chi connectivity index (χ0n) is 4.26. The van der Waals surface area contributed by atoms with Gasteiger partial charge in [-0.2, -0.15) is 0 Å². The van der Waals surface area contributed by atoms with Gasteiger partial charge >= 0.3 is 5.84 Å². The molecule has 0 amide bonds. The van der Waals surface area contributed by atoms with E-state index < -0.39 is 0 Å². The average Bonchev–Trinajstić information content (AvgIpc) is 1.68. The molecular formula is C3H9N4+. The molecule has 0 aliphatic carbocycles. The molecule has 0 radical (unpaired) electrons. The summed E-state index contributed by atoms with van der Waals surface area (Å²) in [5, 5.41) is 11.5. The van der Waals surface area contributed by atoms with Crippen molar-refractivity contribution < 1.29 is 5.41 Å². The number of hydrogen-bond acceptors (Lipinski definition) is 1. The SMILES string of the molecule is CCC(=[NH2+])N=NN. The lowest BCUT2D eigenvalue weighted by Crippen LogP contribution is -2.37. The summed E-state index contributed by atoms with van der Waals surface area (Å²) in [6.07, 6.45) is 0.695. The Kier molecular flexibility index (Phi) is 2.83. The minimum absolute atomic E-state index is 0.461. The molecule has 0 heterocycles. The molecular weight excluding hydrogens is 92.1 g/mol. The molecule has 0 bridgehead atoms. The number of nitrogens with two attached hydrogens (primary N) is 2. The molecule has 4 nitrogen and oxygen atoms in total. The van der Waals surface area contributed by atoms with Crippen LogP contribution in [0, 0.1) is 0 Å². The van der Waals surface area contributed by atoms with Crippen LogP contribution >= 0.6 is 0 Å². The number of nitrogens with zero attached hydrogens (tertiary/aromatic N) is 2. The molecule has 0 saturated heterocycles. The molecule has 0 aromatic heterocycles. The number of hydrogen-bond donors (Lipinski definition) is 2. The molecule has 0 saturated carbocycles. The van der Waals surface area contributed by atoms with Gasteiger partial charge in [0.05, 0.1) is 11.5 Å². The molecule has 0 aromatic rings. The molecule has 0 aliphatic heterocycles. The first-order chi connectivity index (χ1) is 3.31. The van der Waals surface area contributed by atoms with Gasteiger partial charge in [-0.3, -0.25) is 11.3 Å².